The van der Waals surface area contributed by atoms with Crippen LogP contribution in [0.3, 0.4) is 0 Å². The summed E-state index contributed by atoms with van der Waals surface area (Å²) in [5, 5.41) is 19.5. The van der Waals surface area contributed by atoms with E-state index in [2.05, 4.69) is 0 Å². The number of carboxylic acid groups (broad SMARTS) is 1. The van der Waals surface area contributed by atoms with Gasteiger partial charge in [0.25, 0.3) is 0 Å². The lowest BCUT2D eigenvalue weighted by Gasteiger charge is -2.20. The van der Waals surface area contributed by atoms with E-state index in [0.29, 0.717) is 0 Å². The fraction of sp³-hybridized carbons (Fsp3) is 0.0500. The highest BCUT2D eigenvalue weighted by Gasteiger charge is 2.20. The molecule has 3 aromatic carbocycles. The lowest BCUT2D eigenvalue weighted by atomic mass is 9.84. The van der Waals surface area contributed by atoms with E-state index in [1.54, 1.807) is 30.3 Å². The van der Waals surface area contributed by atoms with E-state index < -0.39 is 5.97 Å². The van der Waals surface area contributed by atoms with E-state index >= 15 is 0 Å². The van der Waals surface area contributed by atoms with Gasteiger partial charge in [0.2, 0.25) is 0 Å². The summed E-state index contributed by atoms with van der Waals surface area (Å²) in [5.74, 6) is -0.991. The Morgan fingerprint density at radius 1 is 0.783 bits per heavy atom. The van der Waals surface area contributed by atoms with Gasteiger partial charge in [0.05, 0.1) is 5.56 Å². The zero-order valence-electron chi connectivity index (χ0n) is 12.4. The Balaban J connectivity index is 2.19. The number of hydrogen-bond donors (Lipinski definition) is 2. The van der Waals surface area contributed by atoms with Gasteiger partial charge in [-0.15, -0.1) is 0 Å². The number of phenolic OH excluding ortho intramolecular Hbond substituents is 1. The van der Waals surface area contributed by atoms with Gasteiger partial charge in [0.1, 0.15) is 5.75 Å². The minimum absolute atomic E-state index is 0.196. The molecule has 0 aliphatic heterocycles. The first-order valence-corrected chi connectivity index (χ1v) is 7.33. The van der Waals surface area contributed by atoms with Gasteiger partial charge in [-0.3, -0.25) is 0 Å². The van der Waals surface area contributed by atoms with Crippen molar-refractivity contribution in [3.8, 4) is 5.75 Å². The molecule has 0 bridgehead atoms. The summed E-state index contributed by atoms with van der Waals surface area (Å²) in [4.78, 5) is 11.3. The van der Waals surface area contributed by atoms with Crippen LogP contribution in [0.2, 0.25) is 0 Å². The first kappa shape index (κ1) is 14.9. The van der Waals surface area contributed by atoms with Crippen LogP contribution in [0.4, 0.5) is 0 Å². The Hall–Kier alpha value is -3.07. The average molecular weight is 304 g/mol. The molecule has 0 heterocycles. The van der Waals surface area contributed by atoms with Crippen molar-refractivity contribution in [2.75, 3.05) is 0 Å². The number of phenols is 1. The monoisotopic (exact) mass is 304 g/mol. The van der Waals surface area contributed by atoms with Crippen molar-refractivity contribution in [1.82, 2.24) is 0 Å². The van der Waals surface area contributed by atoms with Crippen molar-refractivity contribution in [2.45, 2.75) is 5.92 Å². The highest BCUT2D eigenvalue weighted by Crippen LogP contribution is 2.36. The fourth-order valence-electron chi connectivity index (χ4n) is 2.78. The van der Waals surface area contributed by atoms with Gasteiger partial charge >= 0.3 is 5.97 Å². The van der Waals surface area contributed by atoms with Crippen LogP contribution in [-0.2, 0) is 0 Å². The number of para-hydroxylation sites is 1. The van der Waals surface area contributed by atoms with Crippen LogP contribution in [0.5, 0.6) is 5.75 Å². The summed E-state index contributed by atoms with van der Waals surface area (Å²) >= 11 is 0. The zero-order chi connectivity index (χ0) is 16.2. The molecule has 3 aromatic rings. The molecular formula is C20H16O3. The van der Waals surface area contributed by atoms with E-state index in [0.717, 1.165) is 16.7 Å². The number of aromatic carboxylic acids is 1. The van der Waals surface area contributed by atoms with Crippen molar-refractivity contribution in [2.24, 2.45) is 0 Å². The van der Waals surface area contributed by atoms with Gasteiger partial charge in [0.15, 0.2) is 0 Å². The molecule has 0 fully saturated rings. The van der Waals surface area contributed by atoms with Crippen LogP contribution in [0.25, 0.3) is 0 Å². The highest BCUT2D eigenvalue weighted by atomic mass is 16.4. The molecule has 2 N–H and O–H groups in total. The van der Waals surface area contributed by atoms with Gasteiger partial charge in [-0.2, -0.15) is 0 Å². The highest BCUT2D eigenvalue weighted by molar-refractivity contribution is 5.87. The van der Waals surface area contributed by atoms with Gasteiger partial charge in [0, 0.05) is 11.5 Å². The molecule has 3 rings (SSSR count). The molecule has 1 atom stereocenters. The van der Waals surface area contributed by atoms with Crippen LogP contribution in [-0.4, -0.2) is 16.2 Å². The van der Waals surface area contributed by atoms with Gasteiger partial charge in [-0.1, -0.05) is 60.7 Å². The fourth-order valence-corrected chi connectivity index (χ4v) is 2.78. The summed E-state index contributed by atoms with van der Waals surface area (Å²) in [5.41, 5.74) is 2.81. The van der Waals surface area contributed by atoms with Crippen molar-refractivity contribution >= 4 is 5.97 Å². The van der Waals surface area contributed by atoms with Gasteiger partial charge in [-0.05, 0) is 29.3 Å². The maximum absolute atomic E-state index is 11.3. The number of aromatic hydroxyl groups is 1. The number of carboxylic acids is 1. The molecule has 1 unspecified atom stereocenters. The van der Waals surface area contributed by atoms with E-state index in [4.69, 9.17) is 0 Å². The SMILES string of the molecule is O=C(O)c1cccc(C(c2ccccc2)c2ccccc2O)c1. The van der Waals surface area contributed by atoms with E-state index in [-0.39, 0.29) is 17.2 Å². The number of benzene rings is 3. The maximum atomic E-state index is 11.3. The molecule has 0 aromatic heterocycles. The van der Waals surface area contributed by atoms with E-state index in [1.807, 2.05) is 48.5 Å². The van der Waals surface area contributed by atoms with Gasteiger partial charge < -0.3 is 10.2 Å². The normalized spacial score (nSPS) is 11.8. The molecule has 0 saturated carbocycles. The number of carbonyl (C=O) groups is 1. The summed E-state index contributed by atoms with van der Waals surface area (Å²) in [7, 11) is 0. The quantitative estimate of drug-likeness (QED) is 0.708. The largest absolute Gasteiger partial charge is 0.508 e. The maximum Gasteiger partial charge on any atom is 0.335 e. The summed E-state index contributed by atoms with van der Waals surface area (Å²) in [6, 6.07) is 23.7. The Bertz CT molecular complexity index is 825. The molecule has 0 aliphatic carbocycles. The van der Waals surface area contributed by atoms with Crippen molar-refractivity contribution < 1.29 is 15.0 Å². The predicted molar refractivity (Wildman–Crippen MR) is 88.9 cm³/mol. The van der Waals surface area contributed by atoms with Crippen LogP contribution in [0.15, 0.2) is 78.9 Å². The third-order valence-corrected chi connectivity index (χ3v) is 3.85. The second-order valence-electron chi connectivity index (χ2n) is 5.33. The molecule has 0 aliphatic rings. The minimum atomic E-state index is -0.962. The summed E-state index contributed by atoms with van der Waals surface area (Å²) < 4.78 is 0. The molecular weight excluding hydrogens is 288 g/mol. The van der Waals surface area contributed by atoms with Crippen LogP contribution in [0, 0.1) is 0 Å². The Morgan fingerprint density at radius 2 is 1.43 bits per heavy atom. The second-order valence-corrected chi connectivity index (χ2v) is 5.33. The minimum Gasteiger partial charge on any atom is -0.508 e. The smallest absolute Gasteiger partial charge is 0.335 e. The standard InChI is InChI=1S/C20H16O3/c21-18-12-5-4-11-17(18)19(14-7-2-1-3-8-14)15-9-6-10-16(13-15)20(22)23/h1-13,19,21H,(H,22,23). The number of rotatable bonds is 4. The topological polar surface area (TPSA) is 57.5 Å². The van der Waals surface area contributed by atoms with Gasteiger partial charge in [-0.25, -0.2) is 4.79 Å². The van der Waals surface area contributed by atoms with E-state index in [1.165, 1.54) is 0 Å². The molecule has 0 radical (unpaired) electrons. The molecule has 0 spiro atoms. The lowest BCUT2D eigenvalue weighted by molar-refractivity contribution is 0.0696. The zero-order valence-corrected chi connectivity index (χ0v) is 12.4. The molecule has 23 heavy (non-hydrogen) atoms. The molecule has 114 valence electrons. The molecule has 3 heteroatoms. The molecule has 0 amide bonds. The lowest BCUT2D eigenvalue weighted by Crippen LogP contribution is -2.05. The van der Waals surface area contributed by atoms with E-state index in [9.17, 15) is 15.0 Å². The Labute approximate surface area is 134 Å². The first-order chi connectivity index (χ1) is 11.2. The molecule has 3 nitrogen and oxygen atoms in total. The molecule has 0 saturated heterocycles. The van der Waals surface area contributed by atoms with Crippen LogP contribution in [0.1, 0.15) is 33.0 Å². The Morgan fingerprint density at radius 3 is 2.13 bits per heavy atom. The average Bonchev–Trinajstić information content (AvgIpc) is 2.58. The van der Waals surface area contributed by atoms with Crippen molar-refractivity contribution in [3.05, 3.63) is 101 Å². The first-order valence-electron chi connectivity index (χ1n) is 7.33. The Kier molecular flexibility index (Phi) is 4.11. The number of hydrogen-bond acceptors (Lipinski definition) is 2. The predicted octanol–water partition coefficient (Wildman–Crippen LogP) is 4.27. The third kappa shape index (κ3) is 3.09. The van der Waals surface area contributed by atoms with Crippen molar-refractivity contribution in [1.29, 1.82) is 0 Å². The second kappa shape index (κ2) is 6.36. The third-order valence-electron chi connectivity index (χ3n) is 3.85. The summed E-state index contributed by atoms with van der Waals surface area (Å²) in [6.45, 7) is 0. The van der Waals surface area contributed by atoms with Crippen molar-refractivity contribution in [3.63, 3.8) is 0 Å². The summed E-state index contributed by atoms with van der Waals surface area (Å²) in [6.07, 6.45) is 0. The van der Waals surface area contributed by atoms with Crippen LogP contribution < -0.4 is 0 Å². The van der Waals surface area contributed by atoms with Crippen LogP contribution >= 0.6 is 0 Å².